The van der Waals surface area contributed by atoms with Gasteiger partial charge in [-0.05, 0) is 0 Å². The summed E-state index contributed by atoms with van der Waals surface area (Å²) in [7, 11) is 0. The third kappa shape index (κ3) is 4.06. The molecule has 82 valence electrons. The van der Waals surface area contributed by atoms with Crippen LogP contribution in [0.4, 0.5) is 0 Å². The quantitative estimate of drug-likeness (QED) is 0.619. The molecule has 0 radical (unpaired) electrons. The Morgan fingerprint density at radius 3 is 2.47 bits per heavy atom. The van der Waals surface area contributed by atoms with Gasteiger partial charge >= 0.3 is 96.9 Å². The van der Waals surface area contributed by atoms with Crippen LogP contribution < -0.4 is 4.46 Å². The number of ether oxygens (including phenoxy) is 1. The van der Waals surface area contributed by atoms with E-state index in [0.29, 0.717) is 15.0 Å². The van der Waals surface area contributed by atoms with E-state index in [4.69, 9.17) is 4.74 Å². The average molecular weight is 271 g/mol. The number of hydrogen-bond acceptors (Lipinski definition) is 2. The van der Waals surface area contributed by atoms with Crippen LogP contribution in [0.2, 0.25) is 5.32 Å². The molecule has 0 aliphatic carbocycles. The van der Waals surface area contributed by atoms with Crippen molar-refractivity contribution >= 4 is 25.4 Å². The van der Waals surface area contributed by atoms with E-state index in [9.17, 15) is 4.79 Å². The number of benzene rings is 1. The third-order valence-corrected chi connectivity index (χ3v) is 3.88. The van der Waals surface area contributed by atoms with Gasteiger partial charge in [-0.2, -0.15) is 0 Å². The van der Waals surface area contributed by atoms with Gasteiger partial charge in [0.05, 0.1) is 0 Å². The van der Waals surface area contributed by atoms with Gasteiger partial charge in [0.25, 0.3) is 0 Å². The van der Waals surface area contributed by atoms with E-state index >= 15 is 0 Å². The predicted molar refractivity (Wildman–Crippen MR) is 62.5 cm³/mol. The van der Waals surface area contributed by atoms with Crippen molar-refractivity contribution in [3.05, 3.63) is 29.8 Å². The van der Waals surface area contributed by atoms with Crippen LogP contribution >= 0.6 is 0 Å². The summed E-state index contributed by atoms with van der Waals surface area (Å²) >= 11 is 0.573. The molecule has 0 spiro atoms. The molecular formula is C12H16O2Se. The molecule has 0 unspecified atom stereocenters. The Kier molecular flexibility index (Phi) is 4.86. The van der Waals surface area contributed by atoms with Crippen LogP contribution in [-0.2, 0) is 9.53 Å². The molecule has 0 aromatic heterocycles. The average Bonchev–Trinajstić information content (AvgIpc) is 2.18. The maximum absolute atomic E-state index is 10.8. The predicted octanol–water partition coefficient (Wildman–Crippen LogP) is 2.08. The van der Waals surface area contributed by atoms with E-state index in [0.717, 1.165) is 5.56 Å². The first-order valence-corrected chi connectivity index (χ1v) is 7.10. The molecule has 0 aliphatic rings. The number of carbonyl (C=O) groups excluding carboxylic acids is 1. The summed E-state index contributed by atoms with van der Waals surface area (Å²) in [5.74, 6) is -0.232. The van der Waals surface area contributed by atoms with Gasteiger partial charge in [0.1, 0.15) is 0 Å². The van der Waals surface area contributed by atoms with Crippen LogP contribution in [0.1, 0.15) is 32.4 Å². The molecule has 0 N–H and O–H groups in total. The molecule has 3 heteroatoms. The zero-order chi connectivity index (χ0) is 11.3. The molecule has 0 heterocycles. The number of esters is 1. The zero-order valence-corrected chi connectivity index (χ0v) is 11.0. The van der Waals surface area contributed by atoms with Crippen molar-refractivity contribution in [1.29, 1.82) is 0 Å². The first-order valence-electron chi connectivity index (χ1n) is 5.03. The fourth-order valence-corrected chi connectivity index (χ4v) is 2.71. The Balaban J connectivity index is 2.66. The Bertz CT molecular complexity index is 319. The molecule has 0 saturated carbocycles. The molecular weight excluding hydrogens is 255 g/mol. The third-order valence-electron chi connectivity index (χ3n) is 2.00. The topological polar surface area (TPSA) is 26.3 Å². The summed E-state index contributed by atoms with van der Waals surface area (Å²) in [6, 6.07) is 8.33. The van der Waals surface area contributed by atoms with Crippen molar-refractivity contribution in [3.8, 4) is 0 Å². The maximum atomic E-state index is 10.8. The normalized spacial score (nSPS) is 12.2. The van der Waals surface area contributed by atoms with Crippen molar-refractivity contribution in [2.75, 3.05) is 0 Å². The van der Waals surface area contributed by atoms with Crippen LogP contribution in [-0.4, -0.2) is 20.9 Å². The van der Waals surface area contributed by atoms with Gasteiger partial charge in [0.2, 0.25) is 0 Å². The van der Waals surface area contributed by atoms with E-state index in [1.165, 1.54) is 16.7 Å². The molecule has 1 aromatic carbocycles. The van der Waals surface area contributed by atoms with Crippen LogP contribution in [0.25, 0.3) is 0 Å². The molecule has 2 nitrogen and oxygen atoms in total. The fraction of sp³-hybridized carbons (Fsp3) is 0.417. The van der Waals surface area contributed by atoms with Crippen LogP contribution in [0.15, 0.2) is 24.3 Å². The van der Waals surface area contributed by atoms with E-state index in [2.05, 4.69) is 19.1 Å². The number of hydrogen-bond donors (Lipinski definition) is 0. The molecule has 0 fully saturated rings. The van der Waals surface area contributed by atoms with Gasteiger partial charge in [-0.25, -0.2) is 0 Å². The molecule has 15 heavy (non-hydrogen) atoms. The standard InChI is InChI=1S/C12H16O2Se/c1-4-15-12-7-5-11(6-8-12)9(2)14-10(3)13/h5-9H,4H2,1-3H3/t9-/m1/s1. The molecule has 1 aromatic rings. The second-order valence-electron chi connectivity index (χ2n) is 3.25. The Hall–Kier alpha value is -0.791. The molecule has 1 rings (SSSR count). The minimum absolute atomic E-state index is 0.148. The van der Waals surface area contributed by atoms with Gasteiger partial charge in [-0.1, -0.05) is 0 Å². The molecule has 0 aliphatic heterocycles. The van der Waals surface area contributed by atoms with Gasteiger partial charge in [-0.3, -0.25) is 0 Å². The first kappa shape index (κ1) is 12.3. The number of rotatable bonds is 4. The summed E-state index contributed by atoms with van der Waals surface area (Å²) in [6.07, 6.45) is -0.148. The van der Waals surface area contributed by atoms with Gasteiger partial charge < -0.3 is 0 Å². The van der Waals surface area contributed by atoms with E-state index < -0.39 is 0 Å². The van der Waals surface area contributed by atoms with E-state index in [-0.39, 0.29) is 12.1 Å². The molecule has 0 bridgehead atoms. The van der Waals surface area contributed by atoms with Crippen LogP contribution in [0, 0.1) is 0 Å². The van der Waals surface area contributed by atoms with Crippen molar-refractivity contribution in [2.24, 2.45) is 0 Å². The van der Waals surface area contributed by atoms with Crippen molar-refractivity contribution < 1.29 is 9.53 Å². The summed E-state index contributed by atoms with van der Waals surface area (Å²) in [4.78, 5) is 10.8. The Morgan fingerprint density at radius 2 is 2.00 bits per heavy atom. The van der Waals surface area contributed by atoms with E-state index in [1.54, 1.807) is 0 Å². The van der Waals surface area contributed by atoms with E-state index in [1.807, 2.05) is 19.1 Å². The zero-order valence-electron chi connectivity index (χ0n) is 9.32. The Morgan fingerprint density at radius 1 is 1.40 bits per heavy atom. The van der Waals surface area contributed by atoms with Crippen LogP contribution in [0.5, 0.6) is 0 Å². The second kappa shape index (κ2) is 5.94. The SMILES string of the molecule is CC[Se]c1ccc([C@@H](C)OC(C)=O)cc1. The summed E-state index contributed by atoms with van der Waals surface area (Å²) in [5.41, 5.74) is 1.06. The van der Waals surface area contributed by atoms with Crippen molar-refractivity contribution in [1.82, 2.24) is 0 Å². The molecule has 0 amide bonds. The molecule has 1 atom stereocenters. The van der Waals surface area contributed by atoms with Crippen molar-refractivity contribution in [2.45, 2.75) is 32.2 Å². The fourth-order valence-electron chi connectivity index (χ4n) is 1.32. The minimum atomic E-state index is -0.232. The molecule has 0 saturated heterocycles. The van der Waals surface area contributed by atoms with Gasteiger partial charge in [0, 0.05) is 0 Å². The summed E-state index contributed by atoms with van der Waals surface area (Å²) < 4.78 is 6.49. The van der Waals surface area contributed by atoms with Crippen molar-refractivity contribution in [3.63, 3.8) is 0 Å². The second-order valence-corrected chi connectivity index (χ2v) is 6.06. The monoisotopic (exact) mass is 272 g/mol. The summed E-state index contributed by atoms with van der Waals surface area (Å²) in [5, 5.41) is 1.21. The number of carbonyl (C=O) groups is 1. The summed E-state index contributed by atoms with van der Waals surface area (Å²) in [6.45, 7) is 5.52. The van der Waals surface area contributed by atoms with Gasteiger partial charge in [0.15, 0.2) is 0 Å². The van der Waals surface area contributed by atoms with Crippen LogP contribution in [0.3, 0.4) is 0 Å². The van der Waals surface area contributed by atoms with Gasteiger partial charge in [-0.15, -0.1) is 0 Å². The Labute approximate surface area is 97.2 Å². The first-order chi connectivity index (χ1) is 7.13.